The average Bonchev–Trinajstić information content (AvgIpc) is 1.77. The first-order valence-corrected chi connectivity index (χ1v) is 3.50. The summed E-state index contributed by atoms with van der Waals surface area (Å²) >= 11 is 0. The van der Waals surface area contributed by atoms with Crippen LogP contribution in [0, 0.1) is 5.41 Å². The van der Waals surface area contributed by atoms with Crippen molar-refractivity contribution in [2.24, 2.45) is 11.1 Å². The maximum Gasteiger partial charge on any atom is 0.110 e. The molecule has 2 N–H and O–H groups in total. The first-order valence-electron chi connectivity index (χ1n) is 3.50. The summed E-state index contributed by atoms with van der Waals surface area (Å²) in [4.78, 5) is 0. The minimum Gasteiger partial charge on any atom is -0.363 e. The molecule has 1 fully saturated rings. The fourth-order valence-corrected chi connectivity index (χ4v) is 1.11. The highest BCUT2D eigenvalue weighted by Gasteiger charge is 2.29. The van der Waals surface area contributed by atoms with Crippen molar-refractivity contribution < 1.29 is 4.74 Å². The lowest BCUT2D eigenvalue weighted by Gasteiger charge is -2.35. The van der Waals surface area contributed by atoms with Gasteiger partial charge in [0, 0.05) is 12.0 Å². The minimum atomic E-state index is -0.0498. The number of ether oxygens (including phenoxy) is 1. The summed E-state index contributed by atoms with van der Waals surface area (Å²) in [6, 6.07) is 0. The Kier molecular flexibility index (Phi) is 1.78. The summed E-state index contributed by atoms with van der Waals surface area (Å²) < 4.78 is 5.27. The van der Waals surface area contributed by atoms with Gasteiger partial charge in [-0.25, -0.2) is 0 Å². The third kappa shape index (κ3) is 1.43. The predicted molar refractivity (Wildman–Crippen MR) is 36.9 cm³/mol. The second kappa shape index (κ2) is 2.27. The number of nitrogens with two attached hydrogens (primary N) is 1. The van der Waals surface area contributed by atoms with Crippen molar-refractivity contribution in [3.63, 3.8) is 0 Å². The first-order chi connectivity index (χ1) is 4.13. The average molecular weight is 129 g/mol. The van der Waals surface area contributed by atoms with E-state index in [0.717, 1.165) is 13.0 Å². The monoisotopic (exact) mass is 129 g/mol. The van der Waals surface area contributed by atoms with Crippen molar-refractivity contribution in [1.29, 1.82) is 0 Å². The van der Waals surface area contributed by atoms with Gasteiger partial charge >= 0.3 is 0 Å². The molecule has 2 nitrogen and oxygen atoms in total. The molecule has 9 heavy (non-hydrogen) atoms. The molecule has 0 saturated carbocycles. The van der Waals surface area contributed by atoms with E-state index in [2.05, 4.69) is 13.8 Å². The standard InChI is InChI=1S/C7H15NO/c1-7(2)4-3-5-9-6(7)8/h6H,3-5,8H2,1-2H3. The highest BCUT2D eigenvalue weighted by Crippen LogP contribution is 2.29. The molecule has 0 aromatic heterocycles. The molecule has 0 aliphatic carbocycles. The van der Waals surface area contributed by atoms with E-state index in [1.807, 2.05) is 0 Å². The molecule has 0 bridgehead atoms. The van der Waals surface area contributed by atoms with Crippen LogP contribution >= 0.6 is 0 Å². The van der Waals surface area contributed by atoms with Gasteiger partial charge in [-0.1, -0.05) is 13.8 Å². The Labute approximate surface area is 56.4 Å². The molecule has 2 heteroatoms. The van der Waals surface area contributed by atoms with Crippen LogP contribution in [0.3, 0.4) is 0 Å². The molecule has 1 heterocycles. The molecule has 0 amide bonds. The fourth-order valence-electron chi connectivity index (χ4n) is 1.11. The molecule has 1 aliphatic rings. The molecule has 0 aromatic carbocycles. The van der Waals surface area contributed by atoms with Crippen LogP contribution in [0.5, 0.6) is 0 Å². The molecule has 1 aliphatic heterocycles. The van der Waals surface area contributed by atoms with Crippen LogP contribution in [0.15, 0.2) is 0 Å². The lowest BCUT2D eigenvalue weighted by atomic mass is 9.84. The van der Waals surface area contributed by atoms with E-state index in [4.69, 9.17) is 10.5 Å². The van der Waals surface area contributed by atoms with Gasteiger partial charge in [0.05, 0.1) is 0 Å². The molecule has 0 spiro atoms. The van der Waals surface area contributed by atoms with Gasteiger partial charge < -0.3 is 10.5 Å². The summed E-state index contributed by atoms with van der Waals surface area (Å²) in [6.07, 6.45) is 2.29. The smallest absolute Gasteiger partial charge is 0.110 e. The van der Waals surface area contributed by atoms with E-state index in [1.54, 1.807) is 0 Å². The summed E-state index contributed by atoms with van der Waals surface area (Å²) in [6.45, 7) is 5.14. The fraction of sp³-hybridized carbons (Fsp3) is 1.00. The van der Waals surface area contributed by atoms with Crippen LogP contribution in [0.4, 0.5) is 0 Å². The third-order valence-corrected chi connectivity index (χ3v) is 2.03. The zero-order valence-corrected chi connectivity index (χ0v) is 6.18. The summed E-state index contributed by atoms with van der Waals surface area (Å²) in [5, 5.41) is 0. The van der Waals surface area contributed by atoms with Gasteiger partial charge in [-0.15, -0.1) is 0 Å². The van der Waals surface area contributed by atoms with Gasteiger partial charge in [-0.3, -0.25) is 0 Å². The number of hydrogen-bond acceptors (Lipinski definition) is 2. The lowest BCUT2D eigenvalue weighted by Crippen LogP contribution is -2.43. The van der Waals surface area contributed by atoms with Gasteiger partial charge in [0.1, 0.15) is 6.23 Å². The van der Waals surface area contributed by atoms with Gasteiger partial charge in [-0.05, 0) is 12.8 Å². The van der Waals surface area contributed by atoms with E-state index in [1.165, 1.54) is 6.42 Å². The quantitative estimate of drug-likeness (QED) is 0.531. The molecule has 1 saturated heterocycles. The maximum absolute atomic E-state index is 5.69. The largest absolute Gasteiger partial charge is 0.363 e. The Bertz CT molecular complexity index is 101. The molecular formula is C7H15NO. The first kappa shape index (κ1) is 7.03. The lowest BCUT2D eigenvalue weighted by molar-refractivity contribution is -0.0631. The molecule has 1 rings (SSSR count). The Morgan fingerprint density at radius 3 is 2.56 bits per heavy atom. The second-order valence-corrected chi connectivity index (χ2v) is 3.38. The predicted octanol–water partition coefficient (Wildman–Crippen LogP) is 1.11. The highest BCUT2D eigenvalue weighted by atomic mass is 16.5. The van der Waals surface area contributed by atoms with Crippen molar-refractivity contribution in [2.45, 2.75) is 32.9 Å². The third-order valence-electron chi connectivity index (χ3n) is 2.03. The molecule has 0 radical (unpaired) electrons. The van der Waals surface area contributed by atoms with Crippen LogP contribution in [-0.2, 0) is 4.74 Å². The number of hydrogen-bond donors (Lipinski definition) is 1. The van der Waals surface area contributed by atoms with Crippen LogP contribution in [0.25, 0.3) is 0 Å². The summed E-state index contributed by atoms with van der Waals surface area (Å²) in [5.74, 6) is 0. The minimum absolute atomic E-state index is 0.0498. The van der Waals surface area contributed by atoms with Crippen molar-refractivity contribution in [1.82, 2.24) is 0 Å². The maximum atomic E-state index is 5.69. The topological polar surface area (TPSA) is 35.2 Å². The highest BCUT2D eigenvalue weighted by molar-refractivity contribution is 4.77. The van der Waals surface area contributed by atoms with E-state index >= 15 is 0 Å². The molecule has 1 atom stereocenters. The molecule has 0 aromatic rings. The Morgan fingerprint density at radius 2 is 2.22 bits per heavy atom. The Balaban J connectivity index is 2.49. The van der Waals surface area contributed by atoms with Crippen LogP contribution in [0.1, 0.15) is 26.7 Å². The van der Waals surface area contributed by atoms with Gasteiger partial charge in [0.25, 0.3) is 0 Å². The van der Waals surface area contributed by atoms with Gasteiger partial charge in [0.2, 0.25) is 0 Å². The second-order valence-electron chi connectivity index (χ2n) is 3.38. The number of rotatable bonds is 0. The summed E-state index contributed by atoms with van der Waals surface area (Å²) in [7, 11) is 0. The van der Waals surface area contributed by atoms with Crippen LogP contribution in [0.2, 0.25) is 0 Å². The summed E-state index contributed by atoms with van der Waals surface area (Å²) in [5.41, 5.74) is 5.88. The normalized spacial score (nSPS) is 34.3. The van der Waals surface area contributed by atoms with Gasteiger partial charge in [-0.2, -0.15) is 0 Å². The molecule has 54 valence electrons. The van der Waals surface area contributed by atoms with Crippen molar-refractivity contribution in [3.8, 4) is 0 Å². The molecular weight excluding hydrogens is 114 g/mol. The van der Waals surface area contributed by atoms with Crippen LogP contribution in [-0.4, -0.2) is 12.8 Å². The zero-order valence-electron chi connectivity index (χ0n) is 6.18. The van der Waals surface area contributed by atoms with E-state index in [9.17, 15) is 0 Å². The van der Waals surface area contributed by atoms with E-state index < -0.39 is 0 Å². The molecule has 1 unspecified atom stereocenters. The van der Waals surface area contributed by atoms with Crippen molar-refractivity contribution in [2.75, 3.05) is 6.61 Å². The van der Waals surface area contributed by atoms with Crippen molar-refractivity contribution in [3.05, 3.63) is 0 Å². The Morgan fingerprint density at radius 1 is 1.56 bits per heavy atom. The van der Waals surface area contributed by atoms with Crippen LogP contribution < -0.4 is 5.73 Å². The Hall–Kier alpha value is -0.0800. The van der Waals surface area contributed by atoms with E-state index in [-0.39, 0.29) is 11.6 Å². The van der Waals surface area contributed by atoms with E-state index in [0.29, 0.717) is 0 Å². The van der Waals surface area contributed by atoms with Gasteiger partial charge in [0.15, 0.2) is 0 Å². The zero-order chi connectivity index (χ0) is 6.91. The van der Waals surface area contributed by atoms with Crippen molar-refractivity contribution >= 4 is 0 Å². The SMILES string of the molecule is CC1(C)CCCOC1N.